The summed E-state index contributed by atoms with van der Waals surface area (Å²) >= 11 is 5.37. The van der Waals surface area contributed by atoms with Gasteiger partial charge in [0.05, 0.1) is 75.4 Å². The topological polar surface area (TPSA) is 62.4 Å². The molecule has 0 aliphatic heterocycles. The van der Waals surface area contributed by atoms with E-state index in [4.69, 9.17) is 0 Å². The quantitative estimate of drug-likeness (QED) is 0.177. The van der Waals surface area contributed by atoms with Gasteiger partial charge >= 0.3 is 0 Å². The number of thiophene rings is 3. The highest BCUT2D eigenvalue weighted by atomic mass is 32.1. The fourth-order valence-corrected chi connectivity index (χ4v) is 15.6. The zero-order chi connectivity index (χ0) is 45.9. The van der Waals surface area contributed by atoms with Gasteiger partial charge in [0.2, 0.25) is 0 Å². The van der Waals surface area contributed by atoms with Crippen LogP contribution in [0.15, 0.2) is 188 Å². The van der Waals surface area contributed by atoms with Crippen LogP contribution in [0.2, 0.25) is 0 Å². The van der Waals surface area contributed by atoms with Crippen molar-refractivity contribution in [2.75, 3.05) is 0 Å². The zero-order valence-electron chi connectivity index (χ0n) is 36.9. The number of nitriles is 2. The van der Waals surface area contributed by atoms with E-state index in [2.05, 4.69) is 214 Å². The minimum Gasteiger partial charge on any atom is -0.306 e. The smallest absolute Gasteiger partial charge is 0.103 e. The Morgan fingerprint density at radius 2 is 0.629 bits per heavy atom. The molecule has 0 aliphatic carbocycles. The van der Waals surface area contributed by atoms with Crippen LogP contribution in [0.25, 0.3) is 143 Å². The Hall–Kier alpha value is -8.76. The van der Waals surface area contributed by atoms with Crippen molar-refractivity contribution in [3.05, 3.63) is 199 Å². The van der Waals surface area contributed by atoms with Crippen LogP contribution >= 0.6 is 34.0 Å². The summed E-state index contributed by atoms with van der Waals surface area (Å²) in [6.45, 7) is 0. The summed E-state index contributed by atoms with van der Waals surface area (Å²) in [7, 11) is 0. The number of hydrogen-bond donors (Lipinski definition) is 0. The molecule has 16 aromatic rings. The number of benzene rings is 10. The third kappa shape index (κ3) is 4.82. The van der Waals surface area contributed by atoms with E-state index in [9.17, 15) is 10.5 Å². The number of nitrogens with zero attached hydrogens (tertiary/aromatic N) is 5. The third-order valence-corrected chi connectivity index (χ3v) is 18.3. The Morgan fingerprint density at radius 1 is 0.300 bits per heavy atom. The third-order valence-electron chi connectivity index (χ3n) is 14.7. The minimum absolute atomic E-state index is 0.319. The first-order valence-electron chi connectivity index (χ1n) is 23.2. The summed E-state index contributed by atoms with van der Waals surface area (Å²) in [6, 6.07) is 72.8. The molecule has 0 atom stereocenters. The van der Waals surface area contributed by atoms with Crippen LogP contribution in [-0.2, 0) is 0 Å². The van der Waals surface area contributed by atoms with Gasteiger partial charge in [0.25, 0.3) is 0 Å². The van der Waals surface area contributed by atoms with E-state index in [1.54, 1.807) is 22.7 Å². The average molecular weight is 942 g/mol. The van der Waals surface area contributed by atoms with Crippen LogP contribution in [-0.4, -0.2) is 13.7 Å². The van der Waals surface area contributed by atoms with Crippen LogP contribution in [0.5, 0.6) is 0 Å². The maximum Gasteiger partial charge on any atom is 0.103 e. The maximum absolute atomic E-state index is 12.1. The second-order valence-electron chi connectivity index (χ2n) is 18.1. The molecule has 70 heavy (non-hydrogen) atoms. The first kappa shape index (κ1) is 38.2. The van der Waals surface area contributed by atoms with E-state index < -0.39 is 0 Å². The highest BCUT2D eigenvalue weighted by molar-refractivity contribution is 7.27. The molecule has 6 aromatic heterocycles. The van der Waals surface area contributed by atoms with Crippen molar-refractivity contribution in [3.63, 3.8) is 0 Å². The molecular formula is C62H31N5S3. The summed E-state index contributed by atoms with van der Waals surface area (Å²) in [4.78, 5) is 0. The minimum atomic E-state index is 0.319. The van der Waals surface area contributed by atoms with Gasteiger partial charge in [0.1, 0.15) is 12.1 Å². The van der Waals surface area contributed by atoms with Crippen molar-refractivity contribution >= 4 is 160 Å². The van der Waals surface area contributed by atoms with Crippen molar-refractivity contribution in [2.45, 2.75) is 0 Å². The Balaban J connectivity index is 1.17. The fraction of sp³-hybridized carbons (Fsp3) is 0. The molecular weight excluding hydrogens is 911 g/mol. The summed E-state index contributed by atoms with van der Waals surface area (Å²) < 4.78 is 14.1. The standard InChI is InChI=1S/C62H31N5S3/c63-32-46-47(33-64)56(67-50-21-9-3-15-36(50)42-27-30-45-39-18-6-12-24-55(39)70-62(45)59(42)67)52(66-49-20-8-2-14-35(49)41-26-29-44-38-17-5-11-23-54(38)69-61(44)58(41)66)31-51(46)65-48-19-7-1-13-34(48)40-25-28-43-37-16-4-10-22-53(37)68-60(43)57(40)65/h1-31H. The first-order chi connectivity index (χ1) is 34.7. The monoisotopic (exact) mass is 941 g/mol. The zero-order valence-corrected chi connectivity index (χ0v) is 39.3. The molecule has 5 nitrogen and oxygen atoms in total. The van der Waals surface area contributed by atoms with E-state index in [-0.39, 0.29) is 0 Å². The van der Waals surface area contributed by atoms with Crippen LogP contribution in [0.1, 0.15) is 11.1 Å². The summed E-state index contributed by atoms with van der Waals surface area (Å²) in [6.07, 6.45) is 0. The molecule has 0 saturated carbocycles. The van der Waals surface area contributed by atoms with Crippen LogP contribution in [0.4, 0.5) is 0 Å². The predicted molar refractivity (Wildman–Crippen MR) is 298 cm³/mol. The molecule has 0 bridgehead atoms. The van der Waals surface area contributed by atoms with Crippen LogP contribution in [0, 0.1) is 22.7 Å². The number of para-hydroxylation sites is 3. The molecule has 0 N–H and O–H groups in total. The van der Waals surface area contributed by atoms with Gasteiger partial charge in [-0.3, -0.25) is 0 Å². The number of rotatable bonds is 3. The van der Waals surface area contributed by atoms with Crippen molar-refractivity contribution < 1.29 is 0 Å². The predicted octanol–water partition coefficient (Wildman–Crippen LogP) is 17.8. The highest BCUT2D eigenvalue weighted by Crippen LogP contribution is 2.50. The van der Waals surface area contributed by atoms with Crippen molar-refractivity contribution in [1.82, 2.24) is 13.7 Å². The Bertz CT molecular complexity index is 5110. The summed E-state index contributed by atoms with van der Waals surface area (Å²) in [5, 5.41) is 37.7. The summed E-state index contributed by atoms with van der Waals surface area (Å²) in [5.74, 6) is 0. The van der Waals surface area contributed by atoms with E-state index in [0.717, 1.165) is 85.9 Å². The fourth-order valence-electron chi connectivity index (χ4n) is 11.9. The second kappa shape index (κ2) is 13.9. The Labute approximate surface area is 409 Å². The molecule has 322 valence electrons. The average Bonchev–Trinajstić information content (AvgIpc) is 4.26. The molecule has 6 heterocycles. The van der Waals surface area contributed by atoms with E-state index in [0.29, 0.717) is 22.5 Å². The molecule has 0 spiro atoms. The molecule has 10 aromatic carbocycles. The number of aromatic nitrogens is 3. The van der Waals surface area contributed by atoms with Gasteiger partial charge in [0.15, 0.2) is 0 Å². The summed E-state index contributed by atoms with van der Waals surface area (Å²) in [5.41, 5.74) is 8.87. The Morgan fingerprint density at radius 3 is 1.04 bits per heavy atom. The van der Waals surface area contributed by atoms with Crippen molar-refractivity contribution in [3.8, 4) is 29.2 Å². The lowest BCUT2D eigenvalue weighted by atomic mass is 10.0. The van der Waals surface area contributed by atoms with Gasteiger partial charge in [-0.1, -0.05) is 146 Å². The maximum atomic E-state index is 12.1. The number of fused-ring (bicyclic) bond motifs is 21. The Kier molecular flexibility index (Phi) is 7.60. The SMILES string of the molecule is N#Cc1c(-n2c3ccccc3c3ccc4c5ccccc5sc4c32)cc(-n2c3ccccc3c3ccc4c5ccccc5sc4c32)c(-n2c3ccccc3c3ccc4c5ccccc5sc4c32)c1C#N. The van der Waals surface area contributed by atoms with Gasteiger partial charge in [0, 0.05) is 78.7 Å². The first-order valence-corrected chi connectivity index (χ1v) is 25.7. The largest absolute Gasteiger partial charge is 0.306 e. The molecule has 16 rings (SSSR count). The lowest BCUT2D eigenvalue weighted by molar-refractivity contribution is 1.07. The van der Waals surface area contributed by atoms with Crippen LogP contribution < -0.4 is 0 Å². The van der Waals surface area contributed by atoms with Gasteiger partial charge in [-0.2, -0.15) is 10.5 Å². The van der Waals surface area contributed by atoms with Crippen LogP contribution in [0.3, 0.4) is 0 Å². The highest BCUT2D eigenvalue weighted by Gasteiger charge is 2.30. The molecule has 0 aliphatic rings. The van der Waals surface area contributed by atoms with Gasteiger partial charge < -0.3 is 13.7 Å². The van der Waals surface area contributed by atoms with E-state index >= 15 is 0 Å². The van der Waals surface area contributed by atoms with Gasteiger partial charge in [-0.05, 0) is 42.5 Å². The molecule has 0 amide bonds. The van der Waals surface area contributed by atoms with E-state index in [1.807, 2.05) is 11.3 Å². The molecule has 0 saturated heterocycles. The van der Waals surface area contributed by atoms with Gasteiger partial charge in [-0.25, -0.2) is 0 Å². The number of hydrogen-bond acceptors (Lipinski definition) is 5. The van der Waals surface area contributed by atoms with E-state index in [1.165, 1.54) is 45.7 Å². The van der Waals surface area contributed by atoms with Crippen molar-refractivity contribution in [1.29, 1.82) is 10.5 Å². The van der Waals surface area contributed by atoms with Crippen molar-refractivity contribution in [2.24, 2.45) is 0 Å². The molecule has 0 unspecified atom stereocenters. The molecule has 8 heteroatoms. The normalized spacial score (nSPS) is 12.3. The second-order valence-corrected chi connectivity index (χ2v) is 21.3. The molecule has 0 radical (unpaired) electrons. The van der Waals surface area contributed by atoms with Gasteiger partial charge in [-0.15, -0.1) is 34.0 Å². The molecule has 0 fully saturated rings. The lowest BCUT2D eigenvalue weighted by Gasteiger charge is -2.22. The lowest BCUT2D eigenvalue weighted by Crippen LogP contribution is -2.11.